The molecule has 1 unspecified atom stereocenters. The molecule has 1 N–H and O–H groups in total. The van der Waals surface area contributed by atoms with E-state index in [1.807, 2.05) is 13.0 Å². The van der Waals surface area contributed by atoms with Crippen LogP contribution in [0.15, 0.2) is 54.6 Å². The van der Waals surface area contributed by atoms with Crippen LogP contribution in [0.4, 0.5) is 10.1 Å². The number of carbonyl (C=O) groups is 2. The second-order valence-electron chi connectivity index (χ2n) is 9.69. The normalized spacial score (nSPS) is 15.1. The highest BCUT2D eigenvalue weighted by Gasteiger charge is 2.30. The lowest BCUT2D eigenvalue weighted by atomic mass is 9.95. The Balaban J connectivity index is 1.74. The molecule has 0 aliphatic heterocycles. The van der Waals surface area contributed by atoms with Crippen molar-refractivity contribution in [2.24, 2.45) is 0 Å². The van der Waals surface area contributed by atoms with Gasteiger partial charge in [0.2, 0.25) is 21.8 Å². The van der Waals surface area contributed by atoms with Crippen LogP contribution in [0.1, 0.15) is 63.9 Å². The van der Waals surface area contributed by atoms with Gasteiger partial charge in [-0.3, -0.25) is 13.9 Å². The van der Waals surface area contributed by atoms with Gasteiger partial charge < -0.3 is 10.2 Å². The molecule has 2 aromatic rings. The summed E-state index contributed by atoms with van der Waals surface area (Å²) >= 11 is 0. The smallest absolute Gasteiger partial charge is 0.243 e. The van der Waals surface area contributed by atoms with E-state index in [0.29, 0.717) is 18.5 Å². The number of halogens is 1. The van der Waals surface area contributed by atoms with E-state index in [4.69, 9.17) is 0 Å². The molecule has 1 atom stereocenters. The lowest BCUT2D eigenvalue weighted by Crippen LogP contribution is -2.51. The monoisotopic (exact) mass is 531 g/mol. The van der Waals surface area contributed by atoms with Gasteiger partial charge in [0, 0.05) is 25.6 Å². The van der Waals surface area contributed by atoms with Crippen molar-refractivity contribution in [3.05, 3.63) is 66.0 Å². The van der Waals surface area contributed by atoms with E-state index in [2.05, 4.69) is 5.32 Å². The first-order chi connectivity index (χ1) is 17.7. The highest BCUT2D eigenvalue weighted by atomic mass is 32.2. The van der Waals surface area contributed by atoms with Gasteiger partial charge in [0.1, 0.15) is 11.9 Å². The largest absolute Gasteiger partial charge is 0.352 e. The Morgan fingerprint density at radius 3 is 2.27 bits per heavy atom. The Bertz CT molecular complexity index is 1120. The highest BCUT2D eigenvalue weighted by Crippen LogP contribution is 2.21. The van der Waals surface area contributed by atoms with Crippen LogP contribution in [0.2, 0.25) is 0 Å². The van der Waals surface area contributed by atoms with Gasteiger partial charge in [-0.25, -0.2) is 12.8 Å². The van der Waals surface area contributed by atoms with E-state index in [1.54, 1.807) is 41.3 Å². The standard InChI is InChI=1S/C28H38FN3O4S/c1-3-26(28(34)30-24-11-6-4-7-12-24)31(21-22-16-18-23(29)19-17-22)27(33)15-10-20-32(37(2,35)36)25-13-8-5-9-14-25/h5,8-9,13-14,16-19,24,26H,3-4,6-7,10-12,15,20-21H2,1-2H3,(H,30,34). The molecule has 3 rings (SSSR count). The molecule has 37 heavy (non-hydrogen) atoms. The Hall–Kier alpha value is -2.94. The van der Waals surface area contributed by atoms with Crippen molar-refractivity contribution in [3.63, 3.8) is 0 Å². The number of rotatable bonds is 12. The molecule has 0 radical (unpaired) electrons. The predicted octanol–water partition coefficient (Wildman–Crippen LogP) is 4.63. The first kappa shape index (κ1) is 28.6. The van der Waals surface area contributed by atoms with E-state index in [-0.39, 0.29) is 43.2 Å². The van der Waals surface area contributed by atoms with Gasteiger partial charge in [-0.15, -0.1) is 0 Å². The van der Waals surface area contributed by atoms with Crippen LogP contribution < -0.4 is 9.62 Å². The minimum Gasteiger partial charge on any atom is -0.352 e. The van der Waals surface area contributed by atoms with Crippen molar-refractivity contribution in [2.45, 2.75) is 76.9 Å². The molecule has 0 saturated heterocycles. The SMILES string of the molecule is CCC(C(=O)NC1CCCCC1)N(Cc1ccc(F)cc1)C(=O)CCCN(c1ccccc1)S(C)(=O)=O. The molecular weight excluding hydrogens is 493 g/mol. The molecule has 9 heteroatoms. The van der Waals surface area contributed by atoms with Crippen molar-refractivity contribution in [1.29, 1.82) is 0 Å². The Labute approximate surface area is 220 Å². The van der Waals surface area contributed by atoms with Gasteiger partial charge in [0.15, 0.2) is 0 Å². The molecule has 1 fully saturated rings. The molecule has 0 heterocycles. The summed E-state index contributed by atoms with van der Waals surface area (Å²) in [6, 6.07) is 14.1. The summed E-state index contributed by atoms with van der Waals surface area (Å²) in [5.41, 5.74) is 1.26. The average Bonchev–Trinajstić information content (AvgIpc) is 2.88. The topological polar surface area (TPSA) is 86.8 Å². The number of sulfonamides is 1. The van der Waals surface area contributed by atoms with E-state index in [9.17, 15) is 22.4 Å². The number of nitrogens with one attached hydrogen (secondary N) is 1. The fourth-order valence-corrected chi connectivity index (χ4v) is 5.81. The lowest BCUT2D eigenvalue weighted by Gasteiger charge is -2.33. The maximum atomic E-state index is 13.5. The zero-order valence-electron chi connectivity index (χ0n) is 21.7. The summed E-state index contributed by atoms with van der Waals surface area (Å²) in [6.45, 7) is 2.19. The fraction of sp³-hybridized carbons (Fsp3) is 0.500. The van der Waals surface area contributed by atoms with Crippen LogP contribution in [0.3, 0.4) is 0 Å². The van der Waals surface area contributed by atoms with Gasteiger partial charge in [-0.05, 0) is 55.5 Å². The molecular formula is C28H38FN3O4S. The molecule has 0 bridgehead atoms. The Kier molecular flexibility index (Phi) is 10.5. The third-order valence-corrected chi connectivity index (χ3v) is 7.99. The number of anilines is 1. The third kappa shape index (κ3) is 8.55. The minimum atomic E-state index is -3.53. The fourth-order valence-electron chi connectivity index (χ4n) is 4.85. The molecule has 7 nitrogen and oxygen atoms in total. The van der Waals surface area contributed by atoms with Gasteiger partial charge in [-0.2, -0.15) is 0 Å². The first-order valence-corrected chi connectivity index (χ1v) is 14.9. The van der Waals surface area contributed by atoms with Crippen molar-refractivity contribution in [2.75, 3.05) is 17.1 Å². The minimum absolute atomic E-state index is 0.0766. The van der Waals surface area contributed by atoms with Gasteiger partial charge in [0.25, 0.3) is 0 Å². The number of para-hydroxylation sites is 1. The van der Waals surface area contributed by atoms with Crippen LogP contribution in [-0.2, 0) is 26.2 Å². The Morgan fingerprint density at radius 1 is 1.03 bits per heavy atom. The quantitative estimate of drug-likeness (QED) is 0.433. The number of hydrogen-bond donors (Lipinski definition) is 1. The second kappa shape index (κ2) is 13.6. The lowest BCUT2D eigenvalue weighted by molar-refractivity contribution is -0.141. The summed E-state index contributed by atoms with van der Waals surface area (Å²) in [5, 5.41) is 3.14. The molecule has 0 spiro atoms. The number of nitrogens with zero attached hydrogens (tertiary/aromatic N) is 2. The van der Waals surface area contributed by atoms with Crippen LogP contribution in [0.25, 0.3) is 0 Å². The highest BCUT2D eigenvalue weighted by molar-refractivity contribution is 7.92. The van der Waals surface area contributed by atoms with Crippen molar-refractivity contribution in [1.82, 2.24) is 10.2 Å². The van der Waals surface area contributed by atoms with E-state index < -0.39 is 16.1 Å². The number of hydrogen-bond acceptors (Lipinski definition) is 4. The zero-order chi connectivity index (χ0) is 26.8. The van der Waals surface area contributed by atoms with E-state index in [1.165, 1.54) is 22.9 Å². The molecule has 1 saturated carbocycles. The number of benzene rings is 2. The predicted molar refractivity (Wildman–Crippen MR) is 144 cm³/mol. The zero-order valence-corrected chi connectivity index (χ0v) is 22.6. The van der Waals surface area contributed by atoms with Crippen LogP contribution in [-0.4, -0.2) is 50.0 Å². The van der Waals surface area contributed by atoms with E-state index in [0.717, 1.165) is 37.5 Å². The average molecular weight is 532 g/mol. The molecule has 202 valence electrons. The van der Waals surface area contributed by atoms with Crippen molar-refractivity contribution in [3.8, 4) is 0 Å². The van der Waals surface area contributed by atoms with Crippen LogP contribution in [0, 0.1) is 5.82 Å². The van der Waals surface area contributed by atoms with Gasteiger partial charge >= 0.3 is 0 Å². The second-order valence-corrected chi connectivity index (χ2v) is 11.6. The summed E-state index contributed by atoms with van der Waals surface area (Å²) in [5.74, 6) is -0.783. The molecule has 1 aliphatic rings. The summed E-state index contributed by atoms with van der Waals surface area (Å²) in [7, 11) is -3.53. The number of carbonyl (C=O) groups excluding carboxylic acids is 2. The summed E-state index contributed by atoms with van der Waals surface area (Å²) in [4.78, 5) is 28.3. The molecule has 1 aliphatic carbocycles. The van der Waals surface area contributed by atoms with Crippen LogP contribution in [0.5, 0.6) is 0 Å². The van der Waals surface area contributed by atoms with E-state index >= 15 is 0 Å². The maximum absolute atomic E-state index is 13.5. The van der Waals surface area contributed by atoms with Crippen LogP contribution >= 0.6 is 0 Å². The van der Waals surface area contributed by atoms with Crippen molar-refractivity contribution >= 4 is 27.5 Å². The summed E-state index contributed by atoms with van der Waals surface area (Å²) < 4.78 is 39.5. The van der Waals surface area contributed by atoms with Gasteiger partial charge in [0.05, 0.1) is 11.9 Å². The number of amides is 2. The maximum Gasteiger partial charge on any atom is 0.243 e. The van der Waals surface area contributed by atoms with Crippen molar-refractivity contribution < 1.29 is 22.4 Å². The summed E-state index contributed by atoms with van der Waals surface area (Å²) in [6.07, 6.45) is 7.16. The molecule has 0 aromatic heterocycles. The first-order valence-electron chi connectivity index (χ1n) is 13.1. The molecule has 2 amide bonds. The Morgan fingerprint density at radius 2 is 1.68 bits per heavy atom. The molecule has 2 aromatic carbocycles. The third-order valence-electron chi connectivity index (χ3n) is 6.80. The van der Waals surface area contributed by atoms with Gasteiger partial charge in [-0.1, -0.05) is 56.5 Å².